The molecule has 0 saturated carbocycles. The predicted octanol–water partition coefficient (Wildman–Crippen LogP) is 2.42. The van der Waals surface area contributed by atoms with Gasteiger partial charge in [0.25, 0.3) is 6.43 Å². The normalized spacial score (nSPS) is 10.4. The van der Waals surface area contributed by atoms with E-state index in [1.54, 1.807) is 22.6 Å². The van der Waals surface area contributed by atoms with Gasteiger partial charge in [0, 0.05) is 0 Å². The zero-order chi connectivity index (χ0) is 12.3. The second-order valence-electron chi connectivity index (χ2n) is 2.70. The number of nitrogens with zero attached hydrogens (tertiary/aromatic N) is 1. The Hall–Kier alpha value is -0.990. The van der Waals surface area contributed by atoms with E-state index in [1.807, 2.05) is 0 Å². The van der Waals surface area contributed by atoms with E-state index in [0.717, 1.165) is 7.11 Å². The van der Waals surface area contributed by atoms with Crippen LogP contribution in [0.4, 0.5) is 8.78 Å². The molecule has 0 atom stereocenters. The van der Waals surface area contributed by atoms with Crippen molar-refractivity contribution in [2.45, 2.75) is 6.43 Å². The van der Waals surface area contributed by atoms with Gasteiger partial charge in [-0.05, 0) is 22.6 Å². The van der Waals surface area contributed by atoms with Crippen molar-refractivity contribution >= 4 is 28.6 Å². The summed E-state index contributed by atoms with van der Waals surface area (Å²) in [4.78, 5) is 15.1. The predicted molar refractivity (Wildman–Crippen MR) is 59.8 cm³/mol. The molecule has 0 aliphatic heterocycles. The monoisotopic (exact) mass is 343 g/mol. The summed E-state index contributed by atoms with van der Waals surface area (Å²) in [6, 6.07) is 0. The van der Waals surface area contributed by atoms with E-state index in [-0.39, 0.29) is 15.0 Å². The van der Waals surface area contributed by atoms with Crippen molar-refractivity contribution in [3.63, 3.8) is 0 Å². The van der Waals surface area contributed by atoms with Gasteiger partial charge in [0.2, 0.25) is 0 Å². The zero-order valence-electron chi connectivity index (χ0n) is 8.46. The van der Waals surface area contributed by atoms with Crippen LogP contribution in [0.15, 0.2) is 6.20 Å². The molecule has 0 bridgehead atoms. The van der Waals surface area contributed by atoms with Gasteiger partial charge in [-0.1, -0.05) is 0 Å². The van der Waals surface area contributed by atoms with E-state index in [0.29, 0.717) is 0 Å². The Bertz CT molecular complexity index is 412. The van der Waals surface area contributed by atoms with Gasteiger partial charge in [0.05, 0.1) is 26.0 Å². The molecule has 4 nitrogen and oxygen atoms in total. The van der Waals surface area contributed by atoms with Crippen molar-refractivity contribution in [1.82, 2.24) is 4.98 Å². The number of pyridine rings is 1. The Morgan fingerprint density at radius 3 is 2.56 bits per heavy atom. The Kier molecular flexibility index (Phi) is 4.39. The fraction of sp³-hybridized carbons (Fsp3) is 0.333. The topological polar surface area (TPSA) is 48.4 Å². The van der Waals surface area contributed by atoms with Crippen molar-refractivity contribution in [1.29, 1.82) is 0 Å². The van der Waals surface area contributed by atoms with E-state index in [9.17, 15) is 13.6 Å². The lowest BCUT2D eigenvalue weighted by atomic mass is 10.1. The maximum absolute atomic E-state index is 12.8. The Morgan fingerprint density at radius 1 is 1.50 bits per heavy atom. The number of ether oxygens (including phenoxy) is 2. The lowest BCUT2D eigenvalue weighted by Crippen LogP contribution is -2.11. The summed E-state index contributed by atoms with van der Waals surface area (Å²) in [6.45, 7) is 0. The standard InChI is InChI=1S/C9H8F2INO3/c1-15-4-3-13-8(12)6(7(10)11)5(4)9(14)16-2/h3,7H,1-2H3. The van der Waals surface area contributed by atoms with Gasteiger partial charge in [-0.15, -0.1) is 0 Å². The van der Waals surface area contributed by atoms with Crippen molar-refractivity contribution in [2.75, 3.05) is 14.2 Å². The molecule has 1 heterocycles. The molecule has 88 valence electrons. The van der Waals surface area contributed by atoms with Gasteiger partial charge >= 0.3 is 5.97 Å². The maximum atomic E-state index is 12.8. The van der Waals surface area contributed by atoms with E-state index < -0.39 is 18.0 Å². The first kappa shape index (κ1) is 13.1. The van der Waals surface area contributed by atoms with Crippen LogP contribution in [0, 0.1) is 3.70 Å². The molecule has 0 spiro atoms. The minimum Gasteiger partial charge on any atom is -0.494 e. The van der Waals surface area contributed by atoms with Crippen LogP contribution in [0.1, 0.15) is 22.3 Å². The summed E-state index contributed by atoms with van der Waals surface area (Å²) in [7, 11) is 2.38. The molecule has 0 fully saturated rings. The lowest BCUT2D eigenvalue weighted by molar-refractivity contribution is 0.0584. The molecule has 0 aromatic carbocycles. The number of aromatic nitrogens is 1. The summed E-state index contributed by atoms with van der Waals surface area (Å²) < 4.78 is 34.9. The van der Waals surface area contributed by atoms with Gasteiger partial charge in [0.1, 0.15) is 9.26 Å². The van der Waals surface area contributed by atoms with Gasteiger partial charge in [-0.2, -0.15) is 0 Å². The largest absolute Gasteiger partial charge is 0.494 e. The molecule has 16 heavy (non-hydrogen) atoms. The van der Waals surface area contributed by atoms with E-state index in [2.05, 4.69) is 9.72 Å². The number of halogens is 3. The van der Waals surface area contributed by atoms with Crippen LogP contribution >= 0.6 is 22.6 Å². The first-order valence-corrected chi connectivity index (χ1v) is 5.19. The fourth-order valence-corrected chi connectivity index (χ4v) is 1.80. The number of esters is 1. The third kappa shape index (κ3) is 2.39. The summed E-state index contributed by atoms with van der Waals surface area (Å²) in [5.74, 6) is -0.893. The van der Waals surface area contributed by atoms with Crippen molar-refractivity contribution in [2.24, 2.45) is 0 Å². The second-order valence-corrected chi connectivity index (χ2v) is 3.72. The average molecular weight is 343 g/mol. The molecule has 0 aliphatic rings. The van der Waals surface area contributed by atoms with Crippen LogP contribution in [-0.4, -0.2) is 25.2 Å². The number of carbonyl (C=O) groups is 1. The van der Waals surface area contributed by atoms with Crippen molar-refractivity contribution in [3.05, 3.63) is 21.0 Å². The molecule has 0 radical (unpaired) electrons. The van der Waals surface area contributed by atoms with Crippen LogP contribution in [-0.2, 0) is 4.74 Å². The van der Waals surface area contributed by atoms with Gasteiger partial charge < -0.3 is 9.47 Å². The van der Waals surface area contributed by atoms with Crippen LogP contribution in [0.5, 0.6) is 5.75 Å². The number of hydrogen-bond acceptors (Lipinski definition) is 4. The highest BCUT2D eigenvalue weighted by Gasteiger charge is 2.27. The lowest BCUT2D eigenvalue weighted by Gasteiger charge is -2.12. The molecule has 0 amide bonds. The van der Waals surface area contributed by atoms with Crippen LogP contribution < -0.4 is 4.74 Å². The molecule has 1 aromatic rings. The fourth-order valence-electron chi connectivity index (χ4n) is 1.15. The highest BCUT2D eigenvalue weighted by Crippen LogP contribution is 2.32. The summed E-state index contributed by atoms with van der Waals surface area (Å²) in [5.41, 5.74) is -0.744. The number of rotatable bonds is 3. The highest BCUT2D eigenvalue weighted by atomic mass is 127. The van der Waals surface area contributed by atoms with E-state index >= 15 is 0 Å². The SMILES string of the molecule is COC(=O)c1c(OC)cnc(I)c1C(F)F. The number of methoxy groups -OCH3 is 2. The van der Waals surface area contributed by atoms with Gasteiger partial charge in [-0.25, -0.2) is 18.6 Å². The molecule has 1 rings (SSSR count). The molecule has 7 heteroatoms. The van der Waals surface area contributed by atoms with Crippen molar-refractivity contribution < 1.29 is 23.0 Å². The molecule has 0 saturated heterocycles. The number of hydrogen-bond donors (Lipinski definition) is 0. The summed E-state index contributed by atoms with van der Waals surface area (Å²) >= 11 is 1.63. The summed E-state index contributed by atoms with van der Waals surface area (Å²) in [6.07, 6.45) is -1.61. The first-order valence-electron chi connectivity index (χ1n) is 4.11. The van der Waals surface area contributed by atoms with E-state index in [1.165, 1.54) is 13.3 Å². The Labute approximate surface area is 104 Å². The smallest absolute Gasteiger partial charge is 0.342 e. The van der Waals surface area contributed by atoms with Crippen LogP contribution in [0.2, 0.25) is 0 Å². The Morgan fingerprint density at radius 2 is 2.12 bits per heavy atom. The number of carbonyl (C=O) groups excluding carboxylic acids is 1. The number of alkyl halides is 2. The molecule has 1 aromatic heterocycles. The first-order chi connectivity index (χ1) is 7.52. The van der Waals surface area contributed by atoms with Crippen LogP contribution in [0.3, 0.4) is 0 Å². The quantitative estimate of drug-likeness (QED) is 0.481. The third-order valence-electron chi connectivity index (χ3n) is 1.86. The second kappa shape index (κ2) is 5.37. The molecule has 0 N–H and O–H groups in total. The van der Waals surface area contributed by atoms with Crippen molar-refractivity contribution in [3.8, 4) is 5.75 Å². The maximum Gasteiger partial charge on any atom is 0.342 e. The summed E-state index contributed by atoms with van der Waals surface area (Å²) in [5, 5.41) is 0. The molecular formula is C9H8F2INO3. The minimum absolute atomic E-state index is 0.0254. The average Bonchev–Trinajstić information content (AvgIpc) is 2.27. The van der Waals surface area contributed by atoms with Gasteiger partial charge in [-0.3, -0.25) is 0 Å². The molecule has 0 aliphatic carbocycles. The Balaban J connectivity index is 3.48. The van der Waals surface area contributed by atoms with E-state index in [4.69, 9.17) is 4.74 Å². The van der Waals surface area contributed by atoms with Gasteiger partial charge in [0.15, 0.2) is 5.75 Å². The highest BCUT2D eigenvalue weighted by molar-refractivity contribution is 14.1. The zero-order valence-corrected chi connectivity index (χ0v) is 10.6. The molecular weight excluding hydrogens is 335 g/mol. The third-order valence-corrected chi connectivity index (χ3v) is 2.72. The van der Waals surface area contributed by atoms with Crippen LogP contribution in [0.25, 0.3) is 0 Å². The molecule has 0 unspecified atom stereocenters. The minimum atomic E-state index is -2.82.